The number of amides is 1. The highest BCUT2D eigenvalue weighted by Crippen LogP contribution is 2.38. The standard InChI is InChI=1S/C13H24BrNO2/c1-12(2,3)17-8-11(16)15-10-13(9-14)6-4-5-7-13/h4-10H2,1-3H3,(H,15,16). The smallest absolute Gasteiger partial charge is 0.246 e. The second-order valence-corrected chi connectivity index (χ2v) is 6.58. The molecule has 0 spiro atoms. The zero-order valence-electron chi connectivity index (χ0n) is 11.1. The maximum absolute atomic E-state index is 11.7. The first-order valence-corrected chi connectivity index (χ1v) is 7.46. The molecule has 1 rings (SSSR count). The molecule has 4 heteroatoms. The van der Waals surface area contributed by atoms with Gasteiger partial charge in [-0.3, -0.25) is 4.79 Å². The van der Waals surface area contributed by atoms with Crippen LogP contribution in [0.3, 0.4) is 0 Å². The molecule has 0 aromatic carbocycles. The molecule has 0 bridgehead atoms. The lowest BCUT2D eigenvalue weighted by atomic mass is 9.89. The topological polar surface area (TPSA) is 38.3 Å². The lowest BCUT2D eigenvalue weighted by Gasteiger charge is -2.27. The van der Waals surface area contributed by atoms with Gasteiger partial charge in [0.1, 0.15) is 6.61 Å². The van der Waals surface area contributed by atoms with E-state index in [-0.39, 0.29) is 23.5 Å². The fraction of sp³-hybridized carbons (Fsp3) is 0.923. The molecule has 100 valence electrons. The molecule has 0 saturated heterocycles. The molecule has 1 amide bonds. The Morgan fingerprint density at radius 3 is 2.41 bits per heavy atom. The Morgan fingerprint density at radius 2 is 1.94 bits per heavy atom. The summed E-state index contributed by atoms with van der Waals surface area (Å²) in [6.07, 6.45) is 4.97. The first-order chi connectivity index (χ1) is 7.87. The molecule has 0 unspecified atom stereocenters. The summed E-state index contributed by atoms with van der Waals surface area (Å²) in [6, 6.07) is 0. The lowest BCUT2D eigenvalue weighted by Crippen LogP contribution is -2.39. The summed E-state index contributed by atoms with van der Waals surface area (Å²) >= 11 is 3.57. The van der Waals surface area contributed by atoms with Gasteiger partial charge in [0.15, 0.2) is 0 Å². The largest absolute Gasteiger partial charge is 0.366 e. The lowest BCUT2D eigenvalue weighted by molar-refractivity contribution is -0.130. The highest BCUT2D eigenvalue weighted by atomic mass is 79.9. The molecule has 1 aliphatic carbocycles. The Morgan fingerprint density at radius 1 is 1.35 bits per heavy atom. The number of hydrogen-bond donors (Lipinski definition) is 1. The van der Waals surface area contributed by atoms with Crippen molar-refractivity contribution >= 4 is 21.8 Å². The first kappa shape index (κ1) is 15.0. The molecule has 17 heavy (non-hydrogen) atoms. The SMILES string of the molecule is CC(C)(C)OCC(=O)NCC1(CBr)CCCC1. The Kier molecular flexibility index (Phi) is 5.45. The second-order valence-electron chi connectivity index (χ2n) is 6.02. The zero-order chi connectivity index (χ0) is 12.9. The molecular formula is C13H24BrNO2. The zero-order valence-corrected chi connectivity index (χ0v) is 12.7. The van der Waals surface area contributed by atoms with E-state index in [0.29, 0.717) is 0 Å². The summed E-state index contributed by atoms with van der Waals surface area (Å²) in [5.74, 6) is -0.00727. The van der Waals surface area contributed by atoms with Gasteiger partial charge in [-0.05, 0) is 39.0 Å². The van der Waals surface area contributed by atoms with Crippen LogP contribution in [-0.4, -0.2) is 30.0 Å². The van der Waals surface area contributed by atoms with Crippen LogP contribution >= 0.6 is 15.9 Å². The molecule has 1 fully saturated rings. The second kappa shape index (κ2) is 6.19. The Hall–Kier alpha value is -0.0900. The van der Waals surface area contributed by atoms with Crippen molar-refractivity contribution in [1.29, 1.82) is 0 Å². The van der Waals surface area contributed by atoms with Gasteiger partial charge >= 0.3 is 0 Å². The molecule has 1 aliphatic rings. The number of carbonyl (C=O) groups is 1. The maximum atomic E-state index is 11.7. The van der Waals surface area contributed by atoms with Crippen molar-refractivity contribution in [3.05, 3.63) is 0 Å². The quantitative estimate of drug-likeness (QED) is 0.793. The normalized spacial score (nSPS) is 19.3. The summed E-state index contributed by atoms with van der Waals surface area (Å²) in [4.78, 5) is 11.7. The van der Waals surface area contributed by atoms with E-state index in [2.05, 4.69) is 21.2 Å². The summed E-state index contributed by atoms with van der Waals surface area (Å²) in [6.45, 7) is 6.79. The third-order valence-corrected chi connectivity index (χ3v) is 4.43. The predicted molar refractivity (Wildman–Crippen MR) is 73.4 cm³/mol. The van der Waals surface area contributed by atoms with Crippen molar-refractivity contribution in [2.24, 2.45) is 5.41 Å². The number of carbonyl (C=O) groups excluding carboxylic acids is 1. The van der Waals surface area contributed by atoms with Gasteiger partial charge < -0.3 is 10.1 Å². The van der Waals surface area contributed by atoms with Crippen molar-refractivity contribution in [3.63, 3.8) is 0 Å². The van der Waals surface area contributed by atoms with E-state index in [4.69, 9.17) is 4.74 Å². The van der Waals surface area contributed by atoms with E-state index in [1.165, 1.54) is 25.7 Å². The van der Waals surface area contributed by atoms with E-state index in [0.717, 1.165) is 11.9 Å². The summed E-state index contributed by atoms with van der Waals surface area (Å²) in [5, 5.41) is 3.97. The van der Waals surface area contributed by atoms with E-state index in [1.807, 2.05) is 20.8 Å². The van der Waals surface area contributed by atoms with Crippen molar-refractivity contribution in [3.8, 4) is 0 Å². The number of hydrogen-bond acceptors (Lipinski definition) is 2. The number of halogens is 1. The highest BCUT2D eigenvalue weighted by Gasteiger charge is 2.33. The van der Waals surface area contributed by atoms with Gasteiger partial charge in [0.25, 0.3) is 0 Å². The van der Waals surface area contributed by atoms with Crippen LogP contribution in [0, 0.1) is 5.41 Å². The fourth-order valence-corrected chi connectivity index (χ4v) is 2.86. The average molecular weight is 306 g/mol. The molecule has 0 aromatic rings. The van der Waals surface area contributed by atoms with Gasteiger partial charge in [-0.2, -0.15) is 0 Å². The number of rotatable bonds is 5. The van der Waals surface area contributed by atoms with Crippen LogP contribution in [0.1, 0.15) is 46.5 Å². The molecule has 0 atom stereocenters. The summed E-state index contributed by atoms with van der Waals surface area (Å²) < 4.78 is 5.45. The van der Waals surface area contributed by atoms with Gasteiger partial charge in [-0.15, -0.1) is 0 Å². The van der Waals surface area contributed by atoms with Crippen LogP contribution in [-0.2, 0) is 9.53 Å². The van der Waals surface area contributed by atoms with Crippen LogP contribution in [0.15, 0.2) is 0 Å². The van der Waals surface area contributed by atoms with Crippen molar-refractivity contribution in [2.75, 3.05) is 18.5 Å². The van der Waals surface area contributed by atoms with Crippen molar-refractivity contribution < 1.29 is 9.53 Å². The Bertz CT molecular complexity index is 255. The van der Waals surface area contributed by atoms with Crippen LogP contribution in [0.5, 0.6) is 0 Å². The van der Waals surface area contributed by atoms with Crippen molar-refractivity contribution in [2.45, 2.75) is 52.1 Å². The van der Waals surface area contributed by atoms with Gasteiger partial charge in [0.05, 0.1) is 5.60 Å². The monoisotopic (exact) mass is 305 g/mol. The van der Waals surface area contributed by atoms with Crippen LogP contribution in [0.25, 0.3) is 0 Å². The van der Waals surface area contributed by atoms with Crippen LogP contribution in [0.2, 0.25) is 0 Å². The third-order valence-electron chi connectivity index (χ3n) is 3.24. The molecule has 0 aliphatic heterocycles. The number of ether oxygens (including phenoxy) is 1. The molecule has 1 saturated carbocycles. The molecule has 3 nitrogen and oxygen atoms in total. The van der Waals surface area contributed by atoms with Gasteiger partial charge in [-0.1, -0.05) is 28.8 Å². The van der Waals surface area contributed by atoms with E-state index in [1.54, 1.807) is 0 Å². The minimum Gasteiger partial charge on any atom is -0.366 e. The predicted octanol–water partition coefficient (Wildman–Crippen LogP) is 2.87. The van der Waals surface area contributed by atoms with Gasteiger partial charge in [0, 0.05) is 11.9 Å². The number of alkyl halides is 1. The molecule has 0 aromatic heterocycles. The average Bonchev–Trinajstić information content (AvgIpc) is 2.72. The number of nitrogens with one attached hydrogen (secondary N) is 1. The van der Waals surface area contributed by atoms with Gasteiger partial charge in [-0.25, -0.2) is 0 Å². The maximum Gasteiger partial charge on any atom is 0.246 e. The van der Waals surface area contributed by atoms with E-state index < -0.39 is 0 Å². The fourth-order valence-electron chi connectivity index (χ4n) is 2.10. The summed E-state index contributed by atoms with van der Waals surface area (Å²) in [7, 11) is 0. The summed E-state index contributed by atoms with van der Waals surface area (Å²) in [5.41, 5.74) is 0.0230. The first-order valence-electron chi connectivity index (χ1n) is 6.34. The molecule has 0 heterocycles. The molecular weight excluding hydrogens is 282 g/mol. The Labute approximate surface area is 113 Å². The highest BCUT2D eigenvalue weighted by molar-refractivity contribution is 9.09. The van der Waals surface area contributed by atoms with Crippen molar-refractivity contribution in [1.82, 2.24) is 5.32 Å². The van der Waals surface area contributed by atoms with Crippen LogP contribution in [0.4, 0.5) is 0 Å². The van der Waals surface area contributed by atoms with E-state index >= 15 is 0 Å². The minimum atomic E-state index is -0.252. The van der Waals surface area contributed by atoms with Gasteiger partial charge in [0.2, 0.25) is 5.91 Å². The minimum absolute atomic E-state index is 0.00727. The third kappa shape index (κ3) is 5.38. The Balaban J connectivity index is 2.27. The molecule has 1 N–H and O–H groups in total. The van der Waals surface area contributed by atoms with E-state index in [9.17, 15) is 4.79 Å². The van der Waals surface area contributed by atoms with Crippen LogP contribution < -0.4 is 5.32 Å². The molecule has 0 radical (unpaired) electrons.